The summed E-state index contributed by atoms with van der Waals surface area (Å²) in [6.45, 7) is 0.889. The lowest BCUT2D eigenvalue weighted by atomic mass is 10.0. The van der Waals surface area contributed by atoms with Crippen LogP contribution in [0.4, 0.5) is 22.0 Å². The fourth-order valence-corrected chi connectivity index (χ4v) is 1.42. The summed E-state index contributed by atoms with van der Waals surface area (Å²) in [6, 6.07) is 0. The molecule has 17 heavy (non-hydrogen) atoms. The Morgan fingerprint density at radius 3 is 2.06 bits per heavy atom. The lowest BCUT2D eigenvalue weighted by Gasteiger charge is -2.25. The number of aliphatic hydroxyl groups is 1. The molecule has 0 saturated carbocycles. The van der Waals surface area contributed by atoms with Gasteiger partial charge in [0.05, 0.1) is 12.5 Å². The monoisotopic (exact) mass is 264 g/mol. The van der Waals surface area contributed by atoms with E-state index in [1.165, 1.54) is 0 Å². The highest BCUT2D eigenvalue weighted by atomic mass is 19.4. The van der Waals surface area contributed by atoms with Crippen molar-refractivity contribution in [3.63, 3.8) is 0 Å². The first-order chi connectivity index (χ1) is 7.73. The van der Waals surface area contributed by atoms with Crippen molar-refractivity contribution < 1.29 is 31.8 Å². The second kappa shape index (κ2) is 7.10. The van der Waals surface area contributed by atoms with Crippen molar-refractivity contribution in [1.82, 2.24) is 0 Å². The van der Waals surface area contributed by atoms with Gasteiger partial charge in [0.15, 0.2) is 0 Å². The van der Waals surface area contributed by atoms with Gasteiger partial charge >= 0.3 is 12.5 Å². The highest BCUT2D eigenvalue weighted by molar-refractivity contribution is 4.68. The molecule has 0 unspecified atom stereocenters. The number of hydrogen-bond donors (Lipinski definition) is 1. The van der Waals surface area contributed by atoms with Gasteiger partial charge in [-0.25, -0.2) is 4.74 Å². The summed E-state index contributed by atoms with van der Waals surface area (Å²) in [5, 5.41) is 8.69. The zero-order valence-electron chi connectivity index (χ0n) is 9.57. The van der Waals surface area contributed by atoms with Crippen molar-refractivity contribution in [3.05, 3.63) is 0 Å². The molecule has 0 aliphatic heterocycles. The van der Waals surface area contributed by atoms with Crippen LogP contribution in [-0.2, 0) is 4.74 Å². The molecule has 0 bridgehead atoms. The van der Waals surface area contributed by atoms with Crippen LogP contribution in [0.3, 0.4) is 0 Å². The van der Waals surface area contributed by atoms with E-state index in [1.807, 2.05) is 6.92 Å². The molecule has 104 valence electrons. The summed E-state index contributed by atoms with van der Waals surface area (Å²) in [4.78, 5) is 0. The first kappa shape index (κ1) is 16.6. The van der Waals surface area contributed by atoms with Gasteiger partial charge in [-0.3, -0.25) is 0 Å². The summed E-state index contributed by atoms with van der Waals surface area (Å²) >= 11 is 0. The van der Waals surface area contributed by atoms with E-state index >= 15 is 0 Å². The van der Waals surface area contributed by atoms with E-state index in [0.29, 0.717) is 12.8 Å². The standard InChI is InChI=1S/C10H17F5O2/c1-2-3-4-5-6-8(7-16)9(11,12)17-10(13,14)15/h8,16H,2-7H2,1H3/t8-/m0/s1. The molecular weight excluding hydrogens is 247 g/mol. The Labute approximate surface area is 96.8 Å². The zero-order valence-corrected chi connectivity index (χ0v) is 9.57. The van der Waals surface area contributed by atoms with Gasteiger partial charge in [-0.15, -0.1) is 13.2 Å². The van der Waals surface area contributed by atoms with E-state index in [0.717, 1.165) is 12.8 Å². The number of unbranched alkanes of at least 4 members (excludes halogenated alkanes) is 3. The van der Waals surface area contributed by atoms with Crippen LogP contribution < -0.4 is 0 Å². The third kappa shape index (κ3) is 7.49. The van der Waals surface area contributed by atoms with Crippen LogP contribution >= 0.6 is 0 Å². The molecule has 0 aliphatic carbocycles. The highest BCUT2D eigenvalue weighted by Crippen LogP contribution is 2.35. The van der Waals surface area contributed by atoms with Crippen molar-refractivity contribution in [2.75, 3.05) is 6.61 Å². The molecule has 0 saturated heterocycles. The Morgan fingerprint density at radius 2 is 1.65 bits per heavy atom. The molecule has 0 radical (unpaired) electrons. The van der Waals surface area contributed by atoms with Crippen LogP contribution in [0.2, 0.25) is 0 Å². The minimum atomic E-state index is -5.40. The number of rotatable bonds is 8. The van der Waals surface area contributed by atoms with Gasteiger partial charge in [0.1, 0.15) is 0 Å². The predicted molar refractivity (Wildman–Crippen MR) is 51.4 cm³/mol. The molecule has 0 aromatic rings. The SMILES string of the molecule is CCCCCC[C@@H](CO)C(F)(F)OC(F)(F)F. The minimum absolute atomic E-state index is 0.195. The Hall–Kier alpha value is -0.430. The topological polar surface area (TPSA) is 29.5 Å². The van der Waals surface area contributed by atoms with E-state index in [9.17, 15) is 22.0 Å². The summed E-state index contributed by atoms with van der Waals surface area (Å²) in [5.41, 5.74) is 0. The fraction of sp³-hybridized carbons (Fsp3) is 1.00. The molecule has 0 fully saturated rings. The molecule has 7 heteroatoms. The average Bonchev–Trinajstić information content (AvgIpc) is 2.13. The van der Waals surface area contributed by atoms with Crippen molar-refractivity contribution in [1.29, 1.82) is 0 Å². The van der Waals surface area contributed by atoms with Crippen molar-refractivity contribution in [2.45, 2.75) is 51.5 Å². The maximum atomic E-state index is 13.0. The normalized spacial score (nSPS) is 15.0. The van der Waals surface area contributed by atoms with Crippen LogP contribution in [0.1, 0.15) is 39.0 Å². The van der Waals surface area contributed by atoms with Gasteiger partial charge in [0, 0.05) is 0 Å². The molecule has 0 rings (SSSR count). The number of aliphatic hydroxyl groups excluding tert-OH is 1. The summed E-state index contributed by atoms with van der Waals surface area (Å²) < 4.78 is 63.8. The van der Waals surface area contributed by atoms with Gasteiger partial charge in [-0.2, -0.15) is 8.78 Å². The van der Waals surface area contributed by atoms with Gasteiger partial charge in [0.2, 0.25) is 0 Å². The molecule has 0 spiro atoms. The Balaban J connectivity index is 4.22. The fourth-order valence-electron chi connectivity index (χ4n) is 1.42. The second-order valence-electron chi connectivity index (χ2n) is 3.84. The van der Waals surface area contributed by atoms with E-state index in [2.05, 4.69) is 4.74 Å². The summed E-state index contributed by atoms with van der Waals surface area (Å²) in [7, 11) is 0. The second-order valence-corrected chi connectivity index (χ2v) is 3.84. The number of hydrogen-bond acceptors (Lipinski definition) is 2. The van der Waals surface area contributed by atoms with Crippen LogP contribution in [0.25, 0.3) is 0 Å². The van der Waals surface area contributed by atoms with E-state index in [4.69, 9.17) is 5.11 Å². The lowest BCUT2D eigenvalue weighted by molar-refractivity contribution is -0.438. The largest absolute Gasteiger partial charge is 0.527 e. The highest BCUT2D eigenvalue weighted by Gasteiger charge is 2.49. The number of halogens is 5. The Morgan fingerprint density at radius 1 is 1.06 bits per heavy atom. The average molecular weight is 264 g/mol. The third-order valence-corrected chi connectivity index (χ3v) is 2.35. The van der Waals surface area contributed by atoms with Crippen molar-refractivity contribution in [3.8, 4) is 0 Å². The molecule has 0 aromatic carbocycles. The summed E-state index contributed by atoms with van der Waals surface area (Å²) in [6.07, 6.45) is -7.27. The summed E-state index contributed by atoms with van der Waals surface area (Å²) in [5.74, 6) is -1.82. The smallest absolute Gasteiger partial charge is 0.396 e. The van der Waals surface area contributed by atoms with Crippen LogP contribution in [0.5, 0.6) is 0 Å². The quantitative estimate of drug-likeness (QED) is 0.535. The van der Waals surface area contributed by atoms with Crippen molar-refractivity contribution >= 4 is 0 Å². The Bertz CT molecular complexity index is 205. The lowest BCUT2D eigenvalue weighted by Crippen LogP contribution is -2.38. The van der Waals surface area contributed by atoms with Crippen LogP contribution in [0, 0.1) is 5.92 Å². The van der Waals surface area contributed by atoms with Gasteiger partial charge in [-0.05, 0) is 6.42 Å². The first-order valence-corrected chi connectivity index (χ1v) is 5.48. The molecular formula is C10H17F5O2. The maximum absolute atomic E-state index is 13.0. The van der Waals surface area contributed by atoms with E-state index in [-0.39, 0.29) is 6.42 Å². The van der Waals surface area contributed by atoms with Gasteiger partial charge in [-0.1, -0.05) is 32.6 Å². The van der Waals surface area contributed by atoms with Crippen LogP contribution in [0.15, 0.2) is 0 Å². The molecule has 2 nitrogen and oxygen atoms in total. The maximum Gasteiger partial charge on any atom is 0.527 e. The molecule has 1 atom stereocenters. The van der Waals surface area contributed by atoms with Gasteiger partial charge in [0.25, 0.3) is 0 Å². The zero-order chi connectivity index (χ0) is 13.5. The molecule has 0 amide bonds. The van der Waals surface area contributed by atoms with Crippen LogP contribution in [-0.4, -0.2) is 24.2 Å². The predicted octanol–water partition coefficient (Wildman–Crippen LogP) is 3.69. The van der Waals surface area contributed by atoms with Crippen molar-refractivity contribution in [2.24, 2.45) is 5.92 Å². The molecule has 1 N–H and O–H groups in total. The Kier molecular flexibility index (Phi) is 6.92. The van der Waals surface area contributed by atoms with Gasteiger partial charge < -0.3 is 5.11 Å². The minimum Gasteiger partial charge on any atom is -0.396 e. The first-order valence-electron chi connectivity index (χ1n) is 5.48. The van der Waals surface area contributed by atoms with E-state index < -0.39 is 25.0 Å². The third-order valence-electron chi connectivity index (χ3n) is 2.35. The number of alkyl halides is 5. The van der Waals surface area contributed by atoms with E-state index in [1.54, 1.807) is 0 Å². The molecule has 0 heterocycles. The molecule has 0 aliphatic rings. The number of ether oxygens (including phenoxy) is 1. The molecule has 0 aromatic heterocycles.